The first-order valence-corrected chi connectivity index (χ1v) is 29.1. The molecule has 0 spiro atoms. The van der Waals surface area contributed by atoms with Gasteiger partial charge in [-0.2, -0.15) is 0 Å². The topological polar surface area (TPSA) is 95.9 Å². The number of hydrogen-bond donors (Lipinski definition) is 3. The van der Waals surface area contributed by atoms with E-state index >= 15 is 0 Å². The standard InChI is InChI=1S/C59H113NO5/c1-4-7-10-13-16-19-22-25-28-31-33-36-39-42-45-48-51-57(62)56(54-61)60-58(63)53-55(50-47-44-41-38-35-32-29-26-23-20-17-14-11-8-5-2)65-59(64)52-49-46-43-40-37-34-30-27-24-21-18-15-12-9-6-3/h18,21,24,27,55-57,61-62H,4-17,19-20,22-23,25-26,28-54H2,1-3H3,(H,60,63)/b21-18+,27-24+. The molecule has 6 nitrogen and oxygen atoms in total. The van der Waals surface area contributed by atoms with Gasteiger partial charge in [0.05, 0.1) is 25.2 Å². The van der Waals surface area contributed by atoms with Gasteiger partial charge >= 0.3 is 5.97 Å². The van der Waals surface area contributed by atoms with Crippen molar-refractivity contribution in [3.05, 3.63) is 24.3 Å². The molecule has 3 unspecified atom stereocenters. The number of carbonyl (C=O) groups excluding carboxylic acids is 2. The van der Waals surface area contributed by atoms with Crippen LogP contribution in [-0.2, 0) is 14.3 Å². The fourth-order valence-corrected chi connectivity index (χ4v) is 9.13. The lowest BCUT2D eigenvalue weighted by molar-refractivity contribution is -0.151. The van der Waals surface area contributed by atoms with E-state index in [-0.39, 0.29) is 24.9 Å². The summed E-state index contributed by atoms with van der Waals surface area (Å²) in [6.07, 6.45) is 62.4. The summed E-state index contributed by atoms with van der Waals surface area (Å²) in [5.74, 6) is -0.467. The lowest BCUT2D eigenvalue weighted by Gasteiger charge is -2.24. The summed E-state index contributed by atoms with van der Waals surface area (Å²) in [6.45, 7) is 6.50. The maximum absolute atomic E-state index is 13.3. The summed E-state index contributed by atoms with van der Waals surface area (Å²) in [7, 11) is 0. The zero-order valence-corrected chi connectivity index (χ0v) is 43.9. The molecule has 384 valence electrons. The van der Waals surface area contributed by atoms with Crippen LogP contribution >= 0.6 is 0 Å². The molecule has 0 radical (unpaired) electrons. The number of rotatable bonds is 53. The highest BCUT2D eigenvalue weighted by Gasteiger charge is 2.24. The number of nitrogens with one attached hydrogen (secondary N) is 1. The number of aliphatic hydroxyl groups is 2. The third-order valence-corrected chi connectivity index (χ3v) is 13.6. The van der Waals surface area contributed by atoms with Crippen molar-refractivity contribution in [2.24, 2.45) is 0 Å². The van der Waals surface area contributed by atoms with E-state index in [0.717, 1.165) is 51.4 Å². The van der Waals surface area contributed by atoms with E-state index in [0.29, 0.717) is 19.3 Å². The van der Waals surface area contributed by atoms with Gasteiger partial charge in [0.2, 0.25) is 5.91 Å². The quantitative estimate of drug-likeness (QED) is 0.0321. The summed E-state index contributed by atoms with van der Waals surface area (Å²) in [4.78, 5) is 26.3. The second-order valence-electron chi connectivity index (χ2n) is 20.1. The van der Waals surface area contributed by atoms with Gasteiger partial charge in [0, 0.05) is 6.42 Å². The molecule has 3 atom stereocenters. The third-order valence-electron chi connectivity index (χ3n) is 13.6. The van der Waals surface area contributed by atoms with Gasteiger partial charge in [-0.1, -0.05) is 276 Å². The Hall–Kier alpha value is -1.66. The monoisotopic (exact) mass is 916 g/mol. The highest BCUT2D eigenvalue weighted by molar-refractivity contribution is 5.77. The van der Waals surface area contributed by atoms with E-state index in [9.17, 15) is 19.8 Å². The van der Waals surface area contributed by atoms with E-state index in [2.05, 4.69) is 50.4 Å². The van der Waals surface area contributed by atoms with Crippen molar-refractivity contribution in [2.75, 3.05) is 6.61 Å². The van der Waals surface area contributed by atoms with Crippen LogP contribution in [0.25, 0.3) is 0 Å². The largest absolute Gasteiger partial charge is 0.462 e. The summed E-state index contributed by atoms with van der Waals surface area (Å²) in [5.41, 5.74) is 0. The van der Waals surface area contributed by atoms with Crippen molar-refractivity contribution in [1.29, 1.82) is 0 Å². The highest BCUT2D eigenvalue weighted by Crippen LogP contribution is 2.19. The first kappa shape index (κ1) is 63.3. The first-order chi connectivity index (χ1) is 32.0. The molecule has 0 saturated carbocycles. The molecule has 65 heavy (non-hydrogen) atoms. The average molecular weight is 917 g/mol. The SMILES string of the molecule is CCCCC/C=C/C=C/CCCCCCCCC(=O)OC(CCCCCCCCCCCCCCCCC)CC(=O)NC(CO)C(O)CCCCCCCCCCCCCCCCCC. The van der Waals surface area contributed by atoms with Gasteiger partial charge in [0.15, 0.2) is 0 Å². The molecule has 1 amide bonds. The molecule has 0 heterocycles. The van der Waals surface area contributed by atoms with Crippen LogP contribution in [0.3, 0.4) is 0 Å². The predicted octanol–water partition coefficient (Wildman–Crippen LogP) is 17.9. The van der Waals surface area contributed by atoms with Gasteiger partial charge in [0.1, 0.15) is 6.10 Å². The molecule has 0 rings (SSSR count). The number of amides is 1. The van der Waals surface area contributed by atoms with Crippen LogP contribution in [0.2, 0.25) is 0 Å². The zero-order valence-electron chi connectivity index (χ0n) is 43.9. The summed E-state index contributed by atoms with van der Waals surface area (Å²) in [5, 5.41) is 23.9. The van der Waals surface area contributed by atoms with Gasteiger partial charge in [-0.05, 0) is 51.4 Å². The molecule has 3 N–H and O–H groups in total. The molecule has 0 aromatic heterocycles. The Balaban J connectivity index is 4.52. The van der Waals surface area contributed by atoms with Crippen LogP contribution in [0.15, 0.2) is 24.3 Å². The van der Waals surface area contributed by atoms with Crippen molar-refractivity contribution < 1.29 is 24.5 Å². The maximum Gasteiger partial charge on any atom is 0.306 e. The summed E-state index contributed by atoms with van der Waals surface area (Å²) >= 11 is 0. The van der Waals surface area contributed by atoms with Gasteiger partial charge in [-0.25, -0.2) is 0 Å². The minimum absolute atomic E-state index is 0.0791. The molecule has 0 aliphatic carbocycles. The van der Waals surface area contributed by atoms with Crippen molar-refractivity contribution in [2.45, 2.75) is 334 Å². The van der Waals surface area contributed by atoms with E-state index in [4.69, 9.17) is 4.74 Å². The van der Waals surface area contributed by atoms with Crippen molar-refractivity contribution in [3.63, 3.8) is 0 Å². The Morgan fingerprint density at radius 2 is 0.769 bits per heavy atom. The van der Waals surface area contributed by atoms with E-state index in [1.54, 1.807) is 0 Å². The first-order valence-electron chi connectivity index (χ1n) is 29.1. The minimum atomic E-state index is -0.786. The smallest absolute Gasteiger partial charge is 0.306 e. The Bertz CT molecular complexity index is 1030. The molecular weight excluding hydrogens is 803 g/mol. The normalized spacial score (nSPS) is 13.2. The molecule has 0 aliphatic rings. The Morgan fingerprint density at radius 3 is 1.17 bits per heavy atom. The van der Waals surface area contributed by atoms with Crippen molar-refractivity contribution >= 4 is 11.9 Å². The van der Waals surface area contributed by atoms with Gasteiger partial charge < -0.3 is 20.3 Å². The van der Waals surface area contributed by atoms with E-state index in [1.165, 1.54) is 218 Å². The van der Waals surface area contributed by atoms with Gasteiger partial charge in [0.25, 0.3) is 0 Å². The van der Waals surface area contributed by atoms with Gasteiger partial charge in [-0.3, -0.25) is 9.59 Å². The highest BCUT2D eigenvalue weighted by atomic mass is 16.5. The molecule has 0 aromatic rings. The number of allylic oxidation sites excluding steroid dienone is 4. The predicted molar refractivity (Wildman–Crippen MR) is 283 cm³/mol. The Labute approximate surface area is 405 Å². The van der Waals surface area contributed by atoms with E-state index < -0.39 is 18.2 Å². The Morgan fingerprint density at radius 1 is 0.446 bits per heavy atom. The van der Waals surface area contributed by atoms with Crippen LogP contribution in [0, 0.1) is 0 Å². The zero-order chi connectivity index (χ0) is 47.4. The molecule has 6 heteroatoms. The van der Waals surface area contributed by atoms with Crippen LogP contribution in [0.5, 0.6) is 0 Å². The molecule has 0 aliphatic heterocycles. The van der Waals surface area contributed by atoms with Crippen molar-refractivity contribution in [1.82, 2.24) is 5.32 Å². The molecule has 0 saturated heterocycles. The fraction of sp³-hybridized carbons (Fsp3) is 0.898. The summed E-state index contributed by atoms with van der Waals surface area (Å²) < 4.78 is 5.96. The van der Waals surface area contributed by atoms with Crippen LogP contribution in [0.1, 0.15) is 316 Å². The number of esters is 1. The molecular formula is C59H113NO5. The number of hydrogen-bond acceptors (Lipinski definition) is 5. The number of ether oxygens (including phenoxy) is 1. The van der Waals surface area contributed by atoms with Crippen molar-refractivity contribution in [3.8, 4) is 0 Å². The maximum atomic E-state index is 13.3. The minimum Gasteiger partial charge on any atom is -0.462 e. The lowest BCUT2D eigenvalue weighted by atomic mass is 10.0. The summed E-state index contributed by atoms with van der Waals surface area (Å²) in [6, 6.07) is -0.700. The van der Waals surface area contributed by atoms with Crippen LogP contribution < -0.4 is 5.32 Å². The van der Waals surface area contributed by atoms with Gasteiger partial charge in [-0.15, -0.1) is 0 Å². The number of unbranched alkanes of at least 4 members (excludes halogenated alkanes) is 38. The average Bonchev–Trinajstić information content (AvgIpc) is 3.30. The second-order valence-corrected chi connectivity index (χ2v) is 20.1. The number of carbonyl (C=O) groups is 2. The lowest BCUT2D eigenvalue weighted by Crippen LogP contribution is -2.46. The van der Waals surface area contributed by atoms with E-state index in [1.807, 2.05) is 0 Å². The molecule has 0 aromatic carbocycles. The molecule has 0 fully saturated rings. The molecule has 0 bridgehead atoms. The van der Waals surface area contributed by atoms with Crippen LogP contribution in [0.4, 0.5) is 0 Å². The van der Waals surface area contributed by atoms with Crippen LogP contribution in [-0.4, -0.2) is 46.9 Å². The third kappa shape index (κ3) is 48.6. The fourth-order valence-electron chi connectivity index (χ4n) is 9.13. The second kappa shape index (κ2) is 53.3. The Kier molecular flexibility index (Phi) is 51.9. The number of aliphatic hydroxyl groups excluding tert-OH is 2.